The van der Waals surface area contributed by atoms with Crippen molar-refractivity contribution in [3.8, 4) is 11.5 Å². The van der Waals surface area contributed by atoms with Crippen molar-refractivity contribution in [3.05, 3.63) is 23.8 Å². The largest absolute Gasteiger partial charge is 0.507 e. The number of methoxy groups -OCH3 is 1. The molecule has 0 bridgehead atoms. The summed E-state index contributed by atoms with van der Waals surface area (Å²) in [5.74, 6) is 1.42. The van der Waals surface area contributed by atoms with E-state index < -0.39 is 0 Å². The second-order valence-corrected chi connectivity index (χ2v) is 4.85. The van der Waals surface area contributed by atoms with Crippen LogP contribution < -0.4 is 10.5 Å². The average molecular weight is 272 g/mol. The molecular weight excluding hydrogens is 250 g/mol. The summed E-state index contributed by atoms with van der Waals surface area (Å²) in [6.45, 7) is 0. The van der Waals surface area contributed by atoms with Gasteiger partial charge in [0.05, 0.1) is 7.11 Å². The molecule has 0 amide bonds. The van der Waals surface area contributed by atoms with E-state index in [0.717, 1.165) is 5.56 Å². The predicted molar refractivity (Wildman–Crippen MR) is 75.4 cm³/mol. The fourth-order valence-corrected chi connectivity index (χ4v) is 2.68. The van der Waals surface area contributed by atoms with Gasteiger partial charge in [-0.1, -0.05) is 25.3 Å². The Hall–Kier alpha value is -0.930. The smallest absolute Gasteiger partial charge is 0.124 e. The highest BCUT2D eigenvalue weighted by molar-refractivity contribution is 5.85. The summed E-state index contributed by atoms with van der Waals surface area (Å²) in [7, 11) is 1.59. The topological polar surface area (TPSA) is 55.5 Å². The minimum absolute atomic E-state index is 0. The van der Waals surface area contributed by atoms with Gasteiger partial charge >= 0.3 is 0 Å². The van der Waals surface area contributed by atoms with Crippen LogP contribution in [0.5, 0.6) is 11.5 Å². The normalized spacial score (nSPS) is 17.9. The molecule has 1 aliphatic carbocycles. The summed E-state index contributed by atoms with van der Waals surface area (Å²) in [5.41, 5.74) is 7.11. The van der Waals surface area contributed by atoms with Crippen LogP contribution in [0.2, 0.25) is 0 Å². The third-order valence-electron chi connectivity index (χ3n) is 3.75. The maximum atomic E-state index is 9.96. The lowest BCUT2D eigenvalue weighted by Gasteiger charge is -2.28. The molecule has 1 fully saturated rings. The van der Waals surface area contributed by atoms with Gasteiger partial charge in [-0.25, -0.2) is 0 Å². The maximum Gasteiger partial charge on any atom is 0.124 e. The molecule has 1 aliphatic rings. The molecule has 4 heteroatoms. The van der Waals surface area contributed by atoms with Crippen LogP contribution in [0.4, 0.5) is 0 Å². The van der Waals surface area contributed by atoms with Gasteiger partial charge in [-0.3, -0.25) is 0 Å². The van der Waals surface area contributed by atoms with Crippen molar-refractivity contribution in [3.63, 3.8) is 0 Å². The number of hydrogen-bond donors (Lipinski definition) is 2. The number of nitrogens with two attached hydrogens (primary N) is 1. The van der Waals surface area contributed by atoms with Gasteiger partial charge in [0.1, 0.15) is 11.5 Å². The van der Waals surface area contributed by atoms with Gasteiger partial charge in [0.25, 0.3) is 0 Å². The number of benzene rings is 1. The molecule has 1 atom stereocenters. The van der Waals surface area contributed by atoms with Crippen LogP contribution in [-0.4, -0.2) is 12.2 Å². The molecule has 2 rings (SSSR count). The first-order chi connectivity index (χ1) is 8.22. The molecule has 3 N–H and O–H groups in total. The van der Waals surface area contributed by atoms with E-state index in [4.69, 9.17) is 10.5 Å². The van der Waals surface area contributed by atoms with Crippen molar-refractivity contribution >= 4 is 12.4 Å². The van der Waals surface area contributed by atoms with Gasteiger partial charge < -0.3 is 15.6 Å². The van der Waals surface area contributed by atoms with Gasteiger partial charge in [-0.05, 0) is 24.8 Å². The SMILES string of the molecule is COc1ccc([C@H](N)C2CCCCC2)c(O)c1.Cl. The van der Waals surface area contributed by atoms with Gasteiger partial charge in [0, 0.05) is 17.7 Å². The Balaban J connectivity index is 0.00000162. The van der Waals surface area contributed by atoms with Crippen LogP contribution in [0.15, 0.2) is 18.2 Å². The second-order valence-electron chi connectivity index (χ2n) is 4.85. The number of phenolic OH excluding ortho intramolecular Hbond substituents is 1. The Bertz CT molecular complexity index is 378. The highest BCUT2D eigenvalue weighted by Gasteiger charge is 2.23. The van der Waals surface area contributed by atoms with Crippen LogP contribution in [0.25, 0.3) is 0 Å². The Morgan fingerprint density at radius 1 is 1.28 bits per heavy atom. The van der Waals surface area contributed by atoms with Crippen molar-refractivity contribution in [2.45, 2.75) is 38.1 Å². The molecule has 0 aliphatic heterocycles. The third-order valence-corrected chi connectivity index (χ3v) is 3.75. The Morgan fingerprint density at radius 2 is 1.94 bits per heavy atom. The molecule has 1 saturated carbocycles. The molecule has 0 radical (unpaired) electrons. The van der Waals surface area contributed by atoms with Gasteiger partial charge in [0.15, 0.2) is 0 Å². The quantitative estimate of drug-likeness (QED) is 0.886. The molecule has 102 valence electrons. The molecular formula is C14H22ClNO2. The molecule has 0 heterocycles. The van der Waals surface area contributed by atoms with E-state index >= 15 is 0 Å². The van der Waals surface area contributed by atoms with Gasteiger partial charge in [-0.2, -0.15) is 0 Å². The first-order valence-corrected chi connectivity index (χ1v) is 6.35. The highest BCUT2D eigenvalue weighted by atomic mass is 35.5. The van der Waals surface area contributed by atoms with E-state index in [0.29, 0.717) is 11.7 Å². The first-order valence-electron chi connectivity index (χ1n) is 6.35. The molecule has 18 heavy (non-hydrogen) atoms. The van der Waals surface area contributed by atoms with Crippen molar-refractivity contribution < 1.29 is 9.84 Å². The van der Waals surface area contributed by atoms with Crippen molar-refractivity contribution in [1.82, 2.24) is 0 Å². The van der Waals surface area contributed by atoms with E-state index in [1.807, 2.05) is 12.1 Å². The average Bonchev–Trinajstić information content (AvgIpc) is 2.39. The highest BCUT2D eigenvalue weighted by Crippen LogP contribution is 2.37. The molecule has 0 spiro atoms. The zero-order chi connectivity index (χ0) is 12.3. The first kappa shape index (κ1) is 15.1. The van der Waals surface area contributed by atoms with Crippen LogP contribution in [0.3, 0.4) is 0 Å². The second kappa shape index (κ2) is 6.86. The van der Waals surface area contributed by atoms with Gasteiger partial charge in [-0.15, -0.1) is 12.4 Å². The zero-order valence-electron chi connectivity index (χ0n) is 10.8. The number of aromatic hydroxyl groups is 1. The number of rotatable bonds is 3. The minimum Gasteiger partial charge on any atom is -0.507 e. The summed E-state index contributed by atoms with van der Waals surface area (Å²) in [6.07, 6.45) is 6.18. The summed E-state index contributed by atoms with van der Waals surface area (Å²) < 4.78 is 5.07. The Morgan fingerprint density at radius 3 is 2.50 bits per heavy atom. The van der Waals surface area contributed by atoms with Gasteiger partial charge in [0.2, 0.25) is 0 Å². The third kappa shape index (κ3) is 3.30. The summed E-state index contributed by atoms with van der Waals surface area (Å²) >= 11 is 0. The molecule has 0 unspecified atom stereocenters. The summed E-state index contributed by atoms with van der Waals surface area (Å²) in [4.78, 5) is 0. The van der Waals surface area contributed by atoms with Crippen LogP contribution in [0, 0.1) is 5.92 Å². The predicted octanol–water partition coefficient (Wildman–Crippen LogP) is 3.40. The van der Waals surface area contributed by atoms with Crippen molar-refractivity contribution in [2.24, 2.45) is 11.7 Å². The number of hydrogen-bond acceptors (Lipinski definition) is 3. The number of ether oxygens (including phenoxy) is 1. The van der Waals surface area contributed by atoms with E-state index in [2.05, 4.69) is 0 Å². The van der Waals surface area contributed by atoms with E-state index in [-0.39, 0.29) is 24.2 Å². The zero-order valence-corrected chi connectivity index (χ0v) is 11.6. The maximum absolute atomic E-state index is 9.96. The summed E-state index contributed by atoms with van der Waals surface area (Å²) in [6, 6.07) is 5.32. The monoisotopic (exact) mass is 271 g/mol. The molecule has 1 aromatic rings. The van der Waals surface area contributed by atoms with E-state index in [9.17, 15) is 5.11 Å². The van der Waals surface area contributed by atoms with Crippen LogP contribution in [0.1, 0.15) is 43.7 Å². The molecule has 0 saturated heterocycles. The fourth-order valence-electron chi connectivity index (χ4n) is 2.68. The lowest BCUT2D eigenvalue weighted by molar-refractivity contribution is 0.302. The Kier molecular flexibility index (Phi) is 5.76. The van der Waals surface area contributed by atoms with Crippen LogP contribution in [-0.2, 0) is 0 Å². The molecule has 0 aromatic heterocycles. The lowest BCUT2D eigenvalue weighted by Crippen LogP contribution is -2.23. The van der Waals surface area contributed by atoms with E-state index in [1.54, 1.807) is 13.2 Å². The fraction of sp³-hybridized carbons (Fsp3) is 0.571. The lowest BCUT2D eigenvalue weighted by atomic mass is 9.81. The summed E-state index contributed by atoms with van der Waals surface area (Å²) in [5, 5.41) is 9.96. The number of phenols is 1. The van der Waals surface area contributed by atoms with Crippen molar-refractivity contribution in [2.75, 3.05) is 7.11 Å². The number of halogens is 1. The standard InChI is InChI=1S/C14H21NO2.ClH/c1-17-11-7-8-12(13(16)9-11)14(15)10-5-3-2-4-6-10;/h7-10,14,16H,2-6,15H2,1H3;1H/t14-;/m1./s1. The molecule has 3 nitrogen and oxygen atoms in total. The minimum atomic E-state index is -0.0544. The van der Waals surface area contributed by atoms with Crippen LogP contribution >= 0.6 is 12.4 Å². The molecule has 1 aromatic carbocycles. The van der Waals surface area contributed by atoms with Crippen molar-refractivity contribution in [1.29, 1.82) is 0 Å². The Labute approximate surface area is 115 Å². The van der Waals surface area contributed by atoms with E-state index in [1.165, 1.54) is 32.1 Å².